The fourth-order valence-electron chi connectivity index (χ4n) is 3.05. The Kier molecular flexibility index (Phi) is 12.0. The lowest BCUT2D eigenvalue weighted by Crippen LogP contribution is -2.26. The van der Waals surface area contributed by atoms with E-state index < -0.39 is 0 Å². The molecule has 1 atom stereocenters. The predicted octanol–water partition coefficient (Wildman–Crippen LogP) is 7.15. The van der Waals surface area contributed by atoms with Crippen LogP contribution in [0, 0.1) is 0 Å². The number of allylic oxidation sites excluding steroid dienone is 5. The van der Waals surface area contributed by atoms with Crippen molar-refractivity contribution in [3.8, 4) is 5.75 Å². The summed E-state index contributed by atoms with van der Waals surface area (Å²) in [5.74, 6) is 0.895. The molecule has 0 spiro atoms. The second-order valence-corrected chi connectivity index (χ2v) is 7.78. The molecule has 2 nitrogen and oxygen atoms in total. The highest BCUT2D eigenvalue weighted by Gasteiger charge is 2.04. The first kappa shape index (κ1) is 24.0. The molecule has 0 aliphatic rings. The number of benzene rings is 1. The van der Waals surface area contributed by atoms with Gasteiger partial charge in [0.25, 0.3) is 0 Å². The smallest absolute Gasteiger partial charge is 0.118 e. The van der Waals surface area contributed by atoms with Crippen molar-refractivity contribution >= 4 is 0 Å². The molecule has 1 aromatic rings. The fourth-order valence-corrected chi connectivity index (χ4v) is 3.05. The molecule has 1 N–H and O–H groups in total. The zero-order chi connectivity index (χ0) is 20.8. The third-order valence-corrected chi connectivity index (χ3v) is 4.76. The molecule has 1 unspecified atom stereocenters. The maximum Gasteiger partial charge on any atom is 0.118 e. The highest BCUT2D eigenvalue weighted by Crippen LogP contribution is 2.14. The van der Waals surface area contributed by atoms with E-state index in [9.17, 15) is 0 Å². The number of hydrogen-bond acceptors (Lipinski definition) is 2. The summed E-state index contributed by atoms with van der Waals surface area (Å²) in [6, 6.07) is 8.55. The van der Waals surface area contributed by atoms with Gasteiger partial charge in [-0.25, -0.2) is 0 Å². The minimum atomic E-state index is 0.322. The topological polar surface area (TPSA) is 21.3 Å². The van der Waals surface area contributed by atoms with Crippen molar-refractivity contribution in [2.75, 3.05) is 7.11 Å². The summed E-state index contributed by atoms with van der Waals surface area (Å²) >= 11 is 0. The van der Waals surface area contributed by atoms with Crippen molar-refractivity contribution in [2.45, 2.75) is 72.4 Å². The van der Waals surface area contributed by atoms with Crippen LogP contribution in [0.3, 0.4) is 0 Å². The van der Waals surface area contributed by atoms with Gasteiger partial charge in [-0.1, -0.05) is 53.2 Å². The Labute approximate surface area is 173 Å². The second kappa shape index (κ2) is 14.0. The zero-order valence-electron chi connectivity index (χ0n) is 18.6. The molecule has 0 saturated carbocycles. The zero-order valence-corrected chi connectivity index (χ0v) is 18.6. The van der Waals surface area contributed by atoms with E-state index in [1.807, 2.05) is 18.2 Å². The summed E-state index contributed by atoms with van der Waals surface area (Å²) in [6.45, 7) is 13.6. The fraction of sp³-hybridized carbons (Fsp3) is 0.462. The first-order chi connectivity index (χ1) is 13.4. The molecular formula is C26H39NO. The normalized spacial score (nSPS) is 13.2. The minimum absolute atomic E-state index is 0.322. The molecule has 0 aliphatic carbocycles. The Hall–Kier alpha value is -2.06. The van der Waals surface area contributed by atoms with E-state index in [1.54, 1.807) is 7.11 Å². The molecule has 0 aromatic heterocycles. The van der Waals surface area contributed by atoms with Gasteiger partial charge in [-0.2, -0.15) is 0 Å². The van der Waals surface area contributed by atoms with Crippen molar-refractivity contribution in [2.24, 2.45) is 0 Å². The summed E-state index contributed by atoms with van der Waals surface area (Å²) in [6.07, 6.45) is 14.5. The van der Waals surface area contributed by atoms with Gasteiger partial charge >= 0.3 is 0 Å². The van der Waals surface area contributed by atoms with Gasteiger partial charge in [0.2, 0.25) is 0 Å². The van der Waals surface area contributed by atoms with Crippen LogP contribution in [0.2, 0.25) is 0 Å². The summed E-state index contributed by atoms with van der Waals surface area (Å²) in [5.41, 5.74) is 5.59. The maximum absolute atomic E-state index is 5.22. The van der Waals surface area contributed by atoms with E-state index in [0.29, 0.717) is 6.04 Å². The molecule has 2 heteroatoms. The summed E-state index contributed by atoms with van der Waals surface area (Å²) in [5, 5.41) is 3.63. The van der Waals surface area contributed by atoms with Gasteiger partial charge in [-0.15, -0.1) is 6.58 Å². The molecule has 1 aromatic carbocycles. The Morgan fingerprint density at radius 1 is 1.00 bits per heavy atom. The second-order valence-electron chi connectivity index (χ2n) is 7.78. The molecule has 28 heavy (non-hydrogen) atoms. The first-order valence-electron chi connectivity index (χ1n) is 10.4. The van der Waals surface area contributed by atoms with Crippen LogP contribution in [0.1, 0.15) is 65.4 Å². The van der Waals surface area contributed by atoms with E-state index in [0.717, 1.165) is 44.4 Å². The van der Waals surface area contributed by atoms with Crippen molar-refractivity contribution in [1.82, 2.24) is 5.32 Å². The molecule has 0 bridgehead atoms. The van der Waals surface area contributed by atoms with Crippen LogP contribution in [0.15, 0.2) is 71.9 Å². The van der Waals surface area contributed by atoms with Crippen LogP contribution in [-0.4, -0.2) is 13.2 Å². The lowest BCUT2D eigenvalue weighted by Gasteiger charge is -2.15. The van der Waals surface area contributed by atoms with Crippen molar-refractivity contribution in [1.29, 1.82) is 0 Å². The van der Waals surface area contributed by atoms with Crippen LogP contribution < -0.4 is 10.1 Å². The lowest BCUT2D eigenvalue weighted by molar-refractivity contribution is 0.414. The van der Waals surface area contributed by atoms with Crippen molar-refractivity contribution in [3.63, 3.8) is 0 Å². The average Bonchev–Trinajstić information content (AvgIpc) is 2.66. The van der Waals surface area contributed by atoms with Crippen molar-refractivity contribution in [3.05, 3.63) is 77.4 Å². The van der Waals surface area contributed by atoms with Gasteiger partial charge in [0, 0.05) is 12.6 Å². The minimum Gasteiger partial charge on any atom is -0.497 e. The summed E-state index contributed by atoms with van der Waals surface area (Å²) in [7, 11) is 1.70. The SMILES string of the molecule is C=CCC(/C=C(\C)CC/C=C(\C)CCC=C(C)C)NCc1ccc(OC)cc1. The molecule has 0 aliphatic heterocycles. The molecule has 1 rings (SSSR count). The average molecular weight is 382 g/mol. The van der Waals surface area contributed by atoms with Crippen molar-refractivity contribution < 1.29 is 4.74 Å². The van der Waals surface area contributed by atoms with Crippen LogP contribution in [-0.2, 0) is 6.54 Å². The Bertz CT molecular complexity index is 660. The van der Waals surface area contributed by atoms with E-state index in [1.165, 1.54) is 22.3 Å². The third kappa shape index (κ3) is 10.9. The number of methoxy groups -OCH3 is 1. The summed E-state index contributed by atoms with van der Waals surface area (Å²) < 4.78 is 5.22. The Morgan fingerprint density at radius 2 is 1.64 bits per heavy atom. The van der Waals surface area contributed by atoms with Gasteiger partial charge in [-0.3, -0.25) is 0 Å². The lowest BCUT2D eigenvalue weighted by atomic mass is 10.0. The van der Waals surface area contributed by atoms with Gasteiger partial charge < -0.3 is 10.1 Å². The first-order valence-corrected chi connectivity index (χ1v) is 10.4. The molecule has 154 valence electrons. The highest BCUT2D eigenvalue weighted by atomic mass is 16.5. The molecule has 0 fully saturated rings. The van der Waals surface area contributed by atoms with Crippen LogP contribution in [0.25, 0.3) is 0 Å². The van der Waals surface area contributed by atoms with Gasteiger partial charge in [0.05, 0.1) is 7.11 Å². The number of rotatable bonds is 13. The quantitative estimate of drug-likeness (QED) is 0.366. The number of ether oxygens (including phenoxy) is 1. The number of nitrogens with one attached hydrogen (secondary N) is 1. The standard InChI is InChI=1S/C26H39NO/c1-7-10-25(27-20-24-15-17-26(28-6)18-16-24)19-23(5)14-9-13-22(4)12-8-11-21(2)3/h7,11,13,15-19,25,27H,1,8-10,12,14,20H2,2-6H3/b22-13+,23-19+. The van der Waals surface area contributed by atoms with Gasteiger partial charge in [0.15, 0.2) is 0 Å². The number of hydrogen-bond donors (Lipinski definition) is 1. The van der Waals surface area contributed by atoms with E-state index in [4.69, 9.17) is 4.74 Å². The van der Waals surface area contributed by atoms with E-state index in [-0.39, 0.29) is 0 Å². The maximum atomic E-state index is 5.22. The predicted molar refractivity (Wildman–Crippen MR) is 124 cm³/mol. The van der Waals surface area contributed by atoms with E-state index in [2.05, 4.69) is 70.0 Å². The Balaban J connectivity index is 2.49. The van der Waals surface area contributed by atoms with Crippen LogP contribution in [0.5, 0.6) is 5.75 Å². The Morgan fingerprint density at radius 3 is 2.25 bits per heavy atom. The van der Waals surface area contributed by atoms with Crippen LogP contribution in [0.4, 0.5) is 0 Å². The molecule has 0 saturated heterocycles. The molecule has 0 radical (unpaired) electrons. The molecular weight excluding hydrogens is 342 g/mol. The van der Waals surface area contributed by atoms with Gasteiger partial charge in [0.1, 0.15) is 5.75 Å². The van der Waals surface area contributed by atoms with Gasteiger partial charge in [-0.05, 0) is 77.5 Å². The monoisotopic (exact) mass is 381 g/mol. The third-order valence-electron chi connectivity index (χ3n) is 4.76. The molecule has 0 amide bonds. The van der Waals surface area contributed by atoms with E-state index >= 15 is 0 Å². The molecule has 0 heterocycles. The van der Waals surface area contributed by atoms with Crippen LogP contribution >= 0.6 is 0 Å². The largest absolute Gasteiger partial charge is 0.497 e. The highest BCUT2D eigenvalue weighted by molar-refractivity contribution is 5.27. The summed E-state index contributed by atoms with van der Waals surface area (Å²) in [4.78, 5) is 0.